The van der Waals surface area contributed by atoms with Gasteiger partial charge in [0.1, 0.15) is 0 Å². The van der Waals surface area contributed by atoms with Gasteiger partial charge in [-0.05, 0) is 68.5 Å². The molecule has 1 aromatic heterocycles. The van der Waals surface area contributed by atoms with E-state index in [1.165, 1.54) is 19.1 Å². The van der Waals surface area contributed by atoms with E-state index in [2.05, 4.69) is 5.32 Å². The molecular weight excluding hydrogens is 406 g/mol. The van der Waals surface area contributed by atoms with Crippen LogP contribution in [0.25, 0.3) is 10.9 Å². The summed E-state index contributed by atoms with van der Waals surface area (Å²) in [5, 5.41) is 3.44. The standard InChI is InChI=1S/C25H25N3O4/c1-15(24(30)27-17-13-11-16(12-14-17)23(26)29)32-25(31)22-18-7-3-2-4-9-20(18)28-21-10-6-5-8-19(21)22/h5-6,8,10-15H,2-4,7,9H2,1H3,(H2,26,29)(H,27,30)/t15-/m1/s1. The summed E-state index contributed by atoms with van der Waals surface area (Å²) in [6, 6.07) is 13.7. The van der Waals surface area contributed by atoms with Gasteiger partial charge in [0, 0.05) is 22.3 Å². The third kappa shape index (κ3) is 4.46. The van der Waals surface area contributed by atoms with Crippen molar-refractivity contribution in [3.05, 3.63) is 70.9 Å². The highest BCUT2D eigenvalue weighted by atomic mass is 16.5. The molecule has 32 heavy (non-hydrogen) atoms. The number of aryl methyl sites for hydroxylation is 1. The van der Waals surface area contributed by atoms with E-state index in [9.17, 15) is 14.4 Å². The Hall–Kier alpha value is -3.74. The molecule has 0 aliphatic heterocycles. The number of ether oxygens (including phenoxy) is 1. The van der Waals surface area contributed by atoms with Crippen molar-refractivity contribution in [3.8, 4) is 0 Å². The minimum absolute atomic E-state index is 0.340. The van der Waals surface area contributed by atoms with Gasteiger partial charge in [0.05, 0.1) is 11.1 Å². The van der Waals surface area contributed by atoms with Gasteiger partial charge in [-0.25, -0.2) is 4.79 Å². The molecule has 0 saturated carbocycles. The highest BCUT2D eigenvalue weighted by Crippen LogP contribution is 2.29. The number of para-hydroxylation sites is 1. The summed E-state index contributed by atoms with van der Waals surface area (Å²) < 4.78 is 5.59. The zero-order chi connectivity index (χ0) is 22.7. The second-order valence-electron chi connectivity index (χ2n) is 7.97. The van der Waals surface area contributed by atoms with Gasteiger partial charge in [0.25, 0.3) is 5.91 Å². The van der Waals surface area contributed by atoms with E-state index in [0.29, 0.717) is 16.8 Å². The maximum Gasteiger partial charge on any atom is 0.339 e. The molecule has 7 heteroatoms. The molecule has 0 radical (unpaired) electrons. The van der Waals surface area contributed by atoms with Gasteiger partial charge in [-0.2, -0.15) is 0 Å². The molecular formula is C25H25N3O4. The summed E-state index contributed by atoms with van der Waals surface area (Å²) in [6.07, 6.45) is 3.72. The van der Waals surface area contributed by atoms with Crippen molar-refractivity contribution in [2.24, 2.45) is 5.73 Å². The fourth-order valence-electron chi connectivity index (χ4n) is 4.02. The summed E-state index contributed by atoms with van der Waals surface area (Å²) in [5.74, 6) is -1.53. The molecule has 2 aromatic carbocycles. The number of hydrogen-bond donors (Lipinski definition) is 2. The molecule has 3 N–H and O–H groups in total. The Morgan fingerprint density at radius 2 is 1.72 bits per heavy atom. The number of primary amides is 1. The fraction of sp³-hybridized carbons (Fsp3) is 0.280. The normalized spacial score (nSPS) is 14.2. The molecule has 0 unspecified atom stereocenters. The number of nitrogens with one attached hydrogen (secondary N) is 1. The van der Waals surface area contributed by atoms with Crippen LogP contribution < -0.4 is 11.1 Å². The van der Waals surface area contributed by atoms with Crippen LogP contribution in [0.3, 0.4) is 0 Å². The number of esters is 1. The average molecular weight is 431 g/mol. The number of rotatable bonds is 5. The number of carbonyl (C=O) groups is 3. The van der Waals surface area contributed by atoms with Crippen molar-refractivity contribution in [3.63, 3.8) is 0 Å². The lowest BCUT2D eigenvalue weighted by molar-refractivity contribution is -0.123. The number of pyridine rings is 1. The van der Waals surface area contributed by atoms with Gasteiger partial charge in [-0.3, -0.25) is 14.6 Å². The Balaban J connectivity index is 1.56. The topological polar surface area (TPSA) is 111 Å². The second kappa shape index (κ2) is 9.18. The van der Waals surface area contributed by atoms with E-state index in [1.54, 1.807) is 12.1 Å². The monoisotopic (exact) mass is 431 g/mol. The maximum absolute atomic E-state index is 13.2. The van der Waals surface area contributed by atoms with Gasteiger partial charge in [0.15, 0.2) is 6.10 Å². The van der Waals surface area contributed by atoms with Crippen LogP contribution in [-0.2, 0) is 22.4 Å². The lowest BCUT2D eigenvalue weighted by Crippen LogP contribution is -2.30. The molecule has 2 amide bonds. The SMILES string of the molecule is C[C@@H](OC(=O)c1c2c(nc3ccccc13)CCCCC2)C(=O)Nc1ccc(C(N)=O)cc1. The number of hydrogen-bond acceptors (Lipinski definition) is 5. The Labute approximate surface area is 186 Å². The number of aromatic nitrogens is 1. The van der Waals surface area contributed by atoms with E-state index in [1.807, 2.05) is 24.3 Å². The van der Waals surface area contributed by atoms with Crippen LogP contribution >= 0.6 is 0 Å². The predicted molar refractivity (Wildman–Crippen MR) is 121 cm³/mol. The van der Waals surface area contributed by atoms with Crippen LogP contribution in [0, 0.1) is 0 Å². The van der Waals surface area contributed by atoms with Crippen molar-refractivity contribution < 1.29 is 19.1 Å². The van der Waals surface area contributed by atoms with Crippen LogP contribution in [-0.4, -0.2) is 28.9 Å². The summed E-state index contributed by atoms with van der Waals surface area (Å²) >= 11 is 0. The Morgan fingerprint density at radius 3 is 2.47 bits per heavy atom. The molecule has 3 aromatic rings. The van der Waals surface area contributed by atoms with E-state index in [0.717, 1.165) is 54.3 Å². The Bertz CT molecular complexity index is 1190. The van der Waals surface area contributed by atoms with Crippen molar-refractivity contribution in [1.29, 1.82) is 0 Å². The lowest BCUT2D eigenvalue weighted by atomic mass is 9.97. The quantitative estimate of drug-likeness (QED) is 0.472. The van der Waals surface area contributed by atoms with Crippen molar-refractivity contribution in [2.75, 3.05) is 5.32 Å². The summed E-state index contributed by atoms with van der Waals surface area (Å²) in [5.41, 5.74) is 9.20. The number of nitrogens with two attached hydrogens (primary N) is 1. The maximum atomic E-state index is 13.2. The predicted octanol–water partition coefficient (Wildman–Crippen LogP) is 3.79. The number of fused-ring (bicyclic) bond motifs is 2. The lowest BCUT2D eigenvalue weighted by Gasteiger charge is -2.18. The molecule has 164 valence electrons. The van der Waals surface area contributed by atoms with E-state index < -0.39 is 23.9 Å². The van der Waals surface area contributed by atoms with E-state index in [4.69, 9.17) is 15.5 Å². The molecule has 1 heterocycles. The number of anilines is 1. The first kappa shape index (κ1) is 21.5. The van der Waals surface area contributed by atoms with Gasteiger partial charge < -0.3 is 15.8 Å². The highest BCUT2D eigenvalue weighted by molar-refractivity contribution is 6.06. The van der Waals surface area contributed by atoms with Gasteiger partial charge in [-0.1, -0.05) is 24.6 Å². The molecule has 4 rings (SSSR count). The molecule has 0 spiro atoms. The zero-order valence-electron chi connectivity index (χ0n) is 17.9. The van der Waals surface area contributed by atoms with Crippen LogP contribution in [0.2, 0.25) is 0 Å². The molecule has 1 aliphatic rings. The fourth-order valence-corrected chi connectivity index (χ4v) is 4.02. The third-order valence-electron chi connectivity index (χ3n) is 5.71. The van der Waals surface area contributed by atoms with Gasteiger partial charge in [0.2, 0.25) is 5.91 Å². The van der Waals surface area contributed by atoms with Gasteiger partial charge in [-0.15, -0.1) is 0 Å². The molecule has 7 nitrogen and oxygen atoms in total. The Kier molecular flexibility index (Phi) is 6.16. The average Bonchev–Trinajstić information content (AvgIpc) is 3.02. The van der Waals surface area contributed by atoms with Crippen LogP contribution in [0.4, 0.5) is 5.69 Å². The van der Waals surface area contributed by atoms with Gasteiger partial charge >= 0.3 is 5.97 Å². The minimum Gasteiger partial charge on any atom is -0.449 e. The summed E-state index contributed by atoms with van der Waals surface area (Å²) in [6.45, 7) is 1.53. The van der Waals surface area contributed by atoms with Crippen molar-refractivity contribution >= 4 is 34.4 Å². The summed E-state index contributed by atoms with van der Waals surface area (Å²) in [4.78, 5) is 41.8. The van der Waals surface area contributed by atoms with Crippen molar-refractivity contribution in [2.45, 2.75) is 45.1 Å². The minimum atomic E-state index is -1.01. The summed E-state index contributed by atoms with van der Waals surface area (Å²) in [7, 11) is 0. The van der Waals surface area contributed by atoms with Crippen LogP contribution in [0.1, 0.15) is 58.2 Å². The van der Waals surface area contributed by atoms with E-state index >= 15 is 0 Å². The molecule has 0 bridgehead atoms. The first-order valence-electron chi connectivity index (χ1n) is 10.8. The third-order valence-corrected chi connectivity index (χ3v) is 5.71. The number of carbonyl (C=O) groups excluding carboxylic acids is 3. The molecule has 1 atom stereocenters. The smallest absolute Gasteiger partial charge is 0.339 e. The first-order chi connectivity index (χ1) is 15.4. The zero-order valence-corrected chi connectivity index (χ0v) is 17.9. The molecule has 0 saturated heterocycles. The second-order valence-corrected chi connectivity index (χ2v) is 7.97. The van der Waals surface area contributed by atoms with Crippen molar-refractivity contribution in [1.82, 2.24) is 4.98 Å². The largest absolute Gasteiger partial charge is 0.449 e. The number of amides is 2. The molecule has 1 aliphatic carbocycles. The van der Waals surface area contributed by atoms with Crippen LogP contribution in [0.5, 0.6) is 0 Å². The van der Waals surface area contributed by atoms with E-state index in [-0.39, 0.29) is 0 Å². The number of nitrogens with zero attached hydrogens (tertiary/aromatic N) is 1. The molecule has 0 fully saturated rings. The van der Waals surface area contributed by atoms with Crippen LogP contribution in [0.15, 0.2) is 48.5 Å². The highest BCUT2D eigenvalue weighted by Gasteiger charge is 2.26. The number of benzene rings is 2. The first-order valence-corrected chi connectivity index (χ1v) is 10.8. The Morgan fingerprint density at radius 1 is 1.00 bits per heavy atom.